The van der Waals surface area contributed by atoms with Gasteiger partial charge in [0.25, 0.3) is 0 Å². The van der Waals surface area contributed by atoms with Crippen molar-refractivity contribution in [3.05, 3.63) is 23.8 Å². The molecule has 1 aliphatic heterocycles. The van der Waals surface area contributed by atoms with Gasteiger partial charge < -0.3 is 5.32 Å². The van der Waals surface area contributed by atoms with Gasteiger partial charge in [0.05, 0.1) is 6.04 Å². The van der Waals surface area contributed by atoms with Crippen molar-refractivity contribution < 1.29 is 0 Å². The maximum atomic E-state index is 4.53. The van der Waals surface area contributed by atoms with Crippen LogP contribution in [0.4, 0.5) is 0 Å². The minimum Gasteiger partial charge on any atom is -0.313 e. The third-order valence-electron chi connectivity index (χ3n) is 3.18. The molecule has 1 saturated heterocycles. The van der Waals surface area contributed by atoms with E-state index in [0.29, 0.717) is 6.04 Å². The molecule has 1 aliphatic rings. The van der Waals surface area contributed by atoms with Crippen LogP contribution in [-0.2, 0) is 6.54 Å². The summed E-state index contributed by atoms with van der Waals surface area (Å²) in [7, 11) is 2.16. The lowest BCUT2D eigenvalue weighted by molar-refractivity contribution is 0.264. The topological polar surface area (TPSA) is 41.1 Å². The Labute approximate surface area is 114 Å². The van der Waals surface area contributed by atoms with Gasteiger partial charge >= 0.3 is 0 Å². The van der Waals surface area contributed by atoms with E-state index in [1.54, 1.807) is 0 Å². The van der Waals surface area contributed by atoms with Crippen LogP contribution in [0.25, 0.3) is 0 Å². The molecule has 2 rings (SSSR count). The highest BCUT2D eigenvalue weighted by atomic mass is 32.2. The summed E-state index contributed by atoms with van der Waals surface area (Å²) in [5, 5.41) is 3.36. The van der Waals surface area contributed by atoms with Gasteiger partial charge in [0, 0.05) is 42.6 Å². The second-order valence-electron chi connectivity index (χ2n) is 4.70. The fourth-order valence-electron chi connectivity index (χ4n) is 2.00. The van der Waals surface area contributed by atoms with Gasteiger partial charge in [-0.15, -0.1) is 0 Å². The predicted molar refractivity (Wildman–Crippen MR) is 76.7 cm³/mol. The van der Waals surface area contributed by atoms with Crippen LogP contribution in [-0.4, -0.2) is 46.5 Å². The molecular formula is C13H22N4S. The van der Waals surface area contributed by atoms with E-state index in [1.165, 1.54) is 11.3 Å². The molecule has 1 fully saturated rings. The monoisotopic (exact) mass is 266 g/mol. The Morgan fingerprint density at radius 1 is 1.44 bits per heavy atom. The van der Waals surface area contributed by atoms with Crippen molar-refractivity contribution in [2.75, 3.05) is 31.6 Å². The SMILES string of the molecule is CCCNCc1cnc(C2CSCCN2C)nc1. The van der Waals surface area contributed by atoms with Crippen LogP contribution in [0, 0.1) is 0 Å². The van der Waals surface area contributed by atoms with Gasteiger partial charge in [-0.3, -0.25) is 4.90 Å². The minimum atomic E-state index is 0.376. The summed E-state index contributed by atoms with van der Waals surface area (Å²) >= 11 is 1.99. The number of thioether (sulfide) groups is 1. The summed E-state index contributed by atoms with van der Waals surface area (Å²) in [6.07, 6.45) is 5.07. The number of nitrogens with one attached hydrogen (secondary N) is 1. The highest BCUT2D eigenvalue weighted by Gasteiger charge is 2.23. The third kappa shape index (κ3) is 3.67. The van der Waals surface area contributed by atoms with Gasteiger partial charge in [-0.2, -0.15) is 11.8 Å². The average molecular weight is 266 g/mol. The standard InChI is InChI=1S/C13H22N4S/c1-3-4-14-7-11-8-15-13(16-9-11)12-10-18-6-5-17(12)2/h8-9,12,14H,3-7,10H2,1-2H3. The Bertz CT molecular complexity index is 355. The molecule has 1 N–H and O–H groups in total. The maximum absolute atomic E-state index is 4.53. The fraction of sp³-hybridized carbons (Fsp3) is 0.692. The highest BCUT2D eigenvalue weighted by molar-refractivity contribution is 7.99. The second kappa shape index (κ2) is 7.07. The zero-order chi connectivity index (χ0) is 12.8. The molecule has 0 saturated carbocycles. The first-order valence-electron chi connectivity index (χ1n) is 6.60. The molecule has 0 spiro atoms. The van der Waals surface area contributed by atoms with Crippen molar-refractivity contribution in [1.29, 1.82) is 0 Å². The molecule has 0 aliphatic carbocycles. The van der Waals surface area contributed by atoms with Crippen LogP contribution >= 0.6 is 11.8 Å². The van der Waals surface area contributed by atoms with E-state index in [9.17, 15) is 0 Å². The Balaban J connectivity index is 1.94. The lowest BCUT2D eigenvalue weighted by Gasteiger charge is -2.30. The number of hydrogen-bond donors (Lipinski definition) is 1. The van der Waals surface area contributed by atoms with E-state index in [2.05, 4.69) is 34.2 Å². The molecule has 1 unspecified atom stereocenters. The molecule has 0 radical (unpaired) electrons. The van der Waals surface area contributed by atoms with Crippen LogP contribution in [0.1, 0.15) is 30.8 Å². The van der Waals surface area contributed by atoms with E-state index >= 15 is 0 Å². The van der Waals surface area contributed by atoms with Crippen LogP contribution in [0.2, 0.25) is 0 Å². The Morgan fingerprint density at radius 3 is 2.89 bits per heavy atom. The van der Waals surface area contributed by atoms with Crippen molar-refractivity contribution in [1.82, 2.24) is 20.2 Å². The molecule has 0 bridgehead atoms. The van der Waals surface area contributed by atoms with E-state index in [1.807, 2.05) is 24.2 Å². The quantitative estimate of drug-likeness (QED) is 0.822. The summed E-state index contributed by atoms with van der Waals surface area (Å²) in [5.74, 6) is 3.28. The largest absolute Gasteiger partial charge is 0.313 e. The van der Waals surface area contributed by atoms with Gasteiger partial charge in [-0.25, -0.2) is 9.97 Å². The van der Waals surface area contributed by atoms with Crippen molar-refractivity contribution in [2.24, 2.45) is 0 Å². The number of nitrogens with zero attached hydrogens (tertiary/aromatic N) is 3. The van der Waals surface area contributed by atoms with Gasteiger partial charge in [-0.1, -0.05) is 6.92 Å². The van der Waals surface area contributed by atoms with Crippen molar-refractivity contribution in [3.63, 3.8) is 0 Å². The zero-order valence-corrected chi connectivity index (χ0v) is 12.0. The van der Waals surface area contributed by atoms with Gasteiger partial charge in [0.2, 0.25) is 0 Å². The first-order chi connectivity index (χ1) is 8.81. The fourth-order valence-corrected chi connectivity index (χ4v) is 3.21. The van der Waals surface area contributed by atoms with Crippen LogP contribution < -0.4 is 5.32 Å². The van der Waals surface area contributed by atoms with Crippen LogP contribution in [0.15, 0.2) is 12.4 Å². The summed E-state index contributed by atoms with van der Waals surface area (Å²) in [4.78, 5) is 11.4. The average Bonchev–Trinajstić information content (AvgIpc) is 2.41. The van der Waals surface area contributed by atoms with E-state index in [4.69, 9.17) is 0 Å². The van der Waals surface area contributed by atoms with E-state index in [-0.39, 0.29) is 0 Å². The van der Waals surface area contributed by atoms with Crippen molar-refractivity contribution in [3.8, 4) is 0 Å². The molecule has 100 valence electrons. The highest BCUT2D eigenvalue weighted by Crippen LogP contribution is 2.25. The first kappa shape index (κ1) is 13.8. The molecular weight excluding hydrogens is 244 g/mol. The lowest BCUT2D eigenvalue weighted by Crippen LogP contribution is -2.33. The second-order valence-corrected chi connectivity index (χ2v) is 5.85. The van der Waals surface area contributed by atoms with Crippen molar-refractivity contribution in [2.45, 2.75) is 25.9 Å². The smallest absolute Gasteiger partial charge is 0.146 e. The van der Waals surface area contributed by atoms with Gasteiger partial charge in [0.1, 0.15) is 5.82 Å². The molecule has 5 heteroatoms. The third-order valence-corrected chi connectivity index (χ3v) is 4.20. The summed E-state index contributed by atoms with van der Waals surface area (Å²) < 4.78 is 0. The Kier molecular flexibility index (Phi) is 5.41. The molecule has 1 aromatic rings. The van der Waals surface area contributed by atoms with Crippen LogP contribution in [0.5, 0.6) is 0 Å². The van der Waals surface area contributed by atoms with Gasteiger partial charge in [0.15, 0.2) is 0 Å². The number of aromatic nitrogens is 2. The molecule has 0 amide bonds. The lowest BCUT2D eigenvalue weighted by atomic mass is 10.2. The predicted octanol–water partition coefficient (Wildman–Crippen LogP) is 1.70. The summed E-state index contributed by atoms with van der Waals surface area (Å²) in [5.41, 5.74) is 1.17. The minimum absolute atomic E-state index is 0.376. The molecule has 1 aromatic heterocycles. The number of rotatable bonds is 5. The summed E-state index contributed by atoms with van der Waals surface area (Å²) in [6, 6.07) is 0.376. The molecule has 4 nitrogen and oxygen atoms in total. The zero-order valence-electron chi connectivity index (χ0n) is 11.2. The molecule has 18 heavy (non-hydrogen) atoms. The van der Waals surface area contributed by atoms with Crippen molar-refractivity contribution >= 4 is 11.8 Å². The van der Waals surface area contributed by atoms with Gasteiger partial charge in [-0.05, 0) is 20.0 Å². The van der Waals surface area contributed by atoms with E-state index < -0.39 is 0 Å². The van der Waals surface area contributed by atoms with E-state index in [0.717, 1.165) is 37.6 Å². The Morgan fingerprint density at radius 2 is 2.22 bits per heavy atom. The summed E-state index contributed by atoms with van der Waals surface area (Å²) in [6.45, 7) is 5.20. The normalized spacial score (nSPS) is 21.1. The first-order valence-corrected chi connectivity index (χ1v) is 7.76. The Hall–Kier alpha value is -0.650. The van der Waals surface area contributed by atoms with Crippen LogP contribution in [0.3, 0.4) is 0 Å². The molecule has 2 heterocycles. The number of hydrogen-bond acceptors (Lipinski definition) is 5. The molecule has 1 atom stereocenters. The maximum Gasteiger partial charge on any atom is 0.146 e. The molecule has 0 aromatic carbocycles.